The lowest BCUT2D eigenvalue weighted by atomic mass is 10.0. The van der Waals surface area contributed by atoms with E-state index in [2.05, 4.69) is 5.32 Å². The summed E-state index contributed by atoms with van der Waals surface area (Å²) in [6.45, 7) is 3.29. The maximum absolute atomic E-state index is 14.1. The lowest BCUT2D eigenvalue weighted by Gasteiger charge is -2.34. The zero-order chi connectivity index (χ0) is 31.0. The van der Waals surface area contributed by atoms with Gasteiger partial charge in [-0.1, -0.05) is 79.5 Å². The first-order valence-corrected chi connectivity index (χ1v) is 15.6. The minimum Gasteiger partial charge on any atom is -0.354 e. The minimum atomic E-state index is -4.09. The molecule has 0 heterocycles. The molecule has 0 fully saturated rings. The molecule has 1 atom stereocenters. The summed E-state index contributed by atoms with van der Waals surface area (Å²) >= 11 is 12.9. The van der Waals surface area contributed by atoms with Gasteiger partial charge in [-0.2, -0.15) is 0 Å². The van der Waals surface area contributed by atoms with Crippen molar-refractivity contribution in [1.29, 1.82) is 0 Å². The quantitative estimate of drug-likeness (QED) is 0.206. The third-order valence-electron chi connectivity index (χ3n) is 6.35. The van der Waals surface area contributed by atoms with Crippen molar-refractivity contribution >= 4 is 56.4 Å². The molecule has 224 valence electrons. The van der Waals surface area contributed by atoms with Crippen molar-refractivity contribution in [2.75, 3.05) is 23.7 Å². The van der Waals surface area contributed by atoms with Crippen LogP contribution in [0.2, 0.25) is 10.0 Å². The van der Waals surface area contributed by atoms with Crippen LogP contribution in [0.15, 0.2) is 72.8 Å². The Morgan fingerprint density at radius 1 is 0.976 bits per heavy atom. The molecule has 0 aliphatic carbocycles. The van der Waals surface area contributed by atoms with Crippen molar-refractivity contribution in [1.82, 2.24) is 10.2 Å². The Balaban J connectivity index is 2.11. The number of carbonyl (C=O) groups is 2. The Morgan fingerprint density at radius 3 is 2.17 bits per heavy atom. The zero-order valence-electron chi connectivity index (χ0n) is 23.4. The molecule has 0 radical (unpaired) electrons. The van der Waals surface area contributed by atoms with E-state index in [-0.39, 0.29) is 40.3 Å². The standard InChI is InChI=1S/C29H32Cl2N4O6S/c1-20(2)17-32-29(37)27(15-21-9-5-4-6-10-21)33(18-24-25(30)13-8-14-26(24)31)28(36)19-34(42(3,40)41)22-11-7-12-23(16-22)35(38)39/h4-14,16,20,27H,15,17-19H2,1-3H3,(H,32,37)/t27-/m0/s1. The molecule has 2 amide bonds. The molecule has 0 aromatic heterocycles. The third kappa shape index (κ3) is 8.91. The number of carbonyl (C=O) groups excluding carboxylic acids is 2. The molecule has 42 heavy (non-hydrogen) atoms. The van der Waals surface area contributed by atoms with Gasteiger partial charge >= 0.3 is 0 Å². The van der Waals surface area contributed by atoms with Crippen LogP contribution in [0, 0.1) is 16.0 Å². The highest BCUT2D eigenvalue weighted by Crippen LogP contribution is 2.28. The van der Waals surface area contributed by atoms with E-state index >= 15 is 0 Å². The fraction of sp³-hybridized carbons (Fsp3) is 0.310. The molecule has 1 N–H and O–H groups in total. The first-order chi connectivity index (χ1) is 19.8. The Bertz CT molecular complexity index is 1520. The molecular formula is C29H32Cl2N4O6S. The van der Waals surface area contributed by atoms with Crippen molar-refractivity contribution in [3.05, 3.63) is 104 Å². The van der Waals surface area contributed by atoms with E-state index in [0.29, 0.717) is 12.1 Å². The summed E-state index contributed by atoms with van der Waals surface area (Å²) < 4.78 is 26.5. The van der Waals surface area contributed by atoms with Crippen LogP contribution in [-0.4, -0.2) is 55.4 Å². The third-order valence-corrected chi connectivity index (χ3v) is 8.20. The summed E-state index contributed by atoms with van der Waals surface area (Å²) in [6, 6.07) is 17.8. The summed E-state index contributed by atoms with van der Waals surface area (Å²) in [5.41, 5.74) is 0.733. The van der Waals surface area contributed by atoms with Gasteiger partial charge in [-0.15, -0.1) is 0 Å². The number of hydrogen-bond donors (Lipinski definition) is 1. The number of nitrogens with one attached hydrogen (secondary N) is 1. The average molecular weight is 636 g/mol. The number of halogens is 2. The Labute approximate surface area is 255 Å². The molecule has 10 nitrogen and oxygen atoms in total. The number of amides is 2. The Morgan fingerprint density at radius 2 is 1.60 bits per heavy atom. The molecule has 0 saturated carbocycles. The lowest BCUT2D eigenvalue weighted by Crippen LogP contribution is -2.53. The van der Waals surface area contributed by atoms with Gasteiger partial charge in [0, 0.05) is 47.3 Å². The van der Waals surface area contributed by atoms with E-state index in [1.54, 1.807) is 18.2 Å². The second-order valence-corrected chi connectivity index (χ2v) is 12.8. The number of anilines is 1. The second kappa shape index (κ2) is 14.5. The van der Waals surface area contributed by atoms with E-state index in [1.165, 1.54) is 23.1 Å². The van der Waals surface area contributed by atoms with Gasteiger partial charge in [-0.3, -0.25) is 24.0 Å². The van der Waals surface area contributed by atoms with Crippen LogP contribution in [0.25, 0.3) is 0 Å². The first-order valence-electron chi connectivity index (χ1n) is 13.0. The molecule has 13 heteroatoms. The largest absolute Gasteiger partial charge is 0.354 e. The molecule has 0 saturated heterocycles. The van der Waals surface area contributed by atoms with Crippen LogP contribution < -0.4 is 9.62 Å². The Kier molecular flexibility index (Phi) is 11.3. The first kappa shape index (κ1) is 32.8. The van der Waals surface area contributed by atoms with E-state index in [1.807, 2.05) is 44.2 Å². The monoisotopic (exact) mass is 634 g/mol. The van der Waals surface area contributed by atoms with Crippen LogP contribution in [-0.2, 0) is 32.6 Å². The summed E-state index contributed by atoms with van der Waals surface area (Å²) in [7, 11) is -4.09. The van der Waals surface area contributed by atoms with Gasteiger partial charge in [0.2, 0.25) is 21.8 Å². The summed E-state index contributed by atoms with van der Waals surface area (Å²) in [5, 5.41) is 14.8. The van der Waals surface area contributed by atoms with E-state index in [4.69, 9.17) is 23.2 Å². The second-order valence-electron chi connectivity index (χ2n) is 10.1. The average Bonchev–Trinajstić information content (AvgIpc) is 2.93. The zero-order valence-corrected chi connectivity index (χ0v) is 25.7. The minimum absolute atomic E-state index is 0.0698. The van der Waals surface area contributed by atoms with Crippen molar-refractivity contribution in [2.24, 2.45) is 5.92 Å². The Hall–Kier alpha value is -3.67. The summed E-state index contributed by atoms with van der Waals surface area (Å²) in [5.74, 6) is -1.04. The van der Waals surface area contributed by atoms with Gasteiger partial charge in [0.15, 0.2) is 0 Å². The van der Waals surface area contributed by atoms with E-state index < -0.39 is 39.3 Å². The fourth-order valence-corrected chi connectivity index (χ4v) is 5.56. The normalized spacial score (nSPS) is 12.0. The van der Waals surface area contributed by atoms with Crippen LogP contribution in [0.1, 0.15) is 25.0 Å². The number of hydrogen-bond acceptors (Lipinski definition) is 6. The predicted octanol–water partition coefficient (Wildman–Crippen LogP) is 5.08. The van der Waals surface area contributed by atoms with Crippen molar-refractivity contribution in [2.45, 2.75) is 32.9 Å². The van der Waals surface area contributed by atoms with E-state index in [9.17, 15) is 28.1 Å². The molecule has 0 aliphatic heterocycles. The number of rotatable bonds is 13. The molecule has 0 bridgehead atoms. The van der Waals surface area contributed by atoms with Crippen molar-refractivity contribution < 1.29 is 22.9 Å². The van der Waals surface area contributed by atoms with Crippen LogP contribution in [0.3, 0.4) is 0 Å². The SMILES string of the molecule is CC(C)CNC(=O)[C@H](Cc1ccccc1)N(Cc1c(Cl)cccc1Cl)C(=O)CN(c1cccc([N+](=O)[O-])c1)S(C)(=O)=O. The summed E-state index contributed by atoms with van der Waals surface area (Å²) in [4.78, 5) is 39.7. The number of nitrogens with zero attached hydrogens (tertiary/aromatic N) is 3. The molecular weight excluding hydrogens is 603 g/mol. The number of non-ortho nitro benzene ring substituents is 1. The van der Waals surface area contributed by atoms with Crippen molar-refractivity contribution in [3.8, 4) is 0 Å². The molecule has 3 aromatic carbocycles. The van der Waals surface area contributed by atoms with Crippen LogP contribution in [0.5, 0.6) is 0 Å². The molecule has 0 aliphatic rings. The van der Waals surface area contributed by atoms with Gasteiger partial charge in [0.25, 0.3) is 5.69 Å². The van der Waals surface area contributed by atoms with Crippen LogP contribution in [0.4, 0.5) is 11.4 Å². The van der Waals surface area contributed by atoms with Gasteiger partial charge in [-0.05, 0) is 29.7 Å². The highest BCUT2D eigenvalue weighted by molar-refractivity contribution is 7.92. The molecule has 0 spiro atoms. The fourth-order valence-electron chi connectivity index (χ4n) is 4.21. The van der Waals surface area contributed by atoms with Crippen LogP contribution >= 0.6 is 23.2 Å². The highest BCUT2D eigenvalue weighted by atomic mass is 35.5. The topological polar surface area (TPSA) is 130 Å². The molecule has 3 rings (SSSR count). The number of nitro benzene ring substituents is 1. The van der Waals surface area contributed by atoms with Gasteiger partial charge in [-0.25, -0.2) is 8.42 Å². The number of nitro groups is 1. The lowest BCUT2D eigenvalue weighted by molar-refractivity contribution is -0.384. The maximum atomic E-state index is 14.1. The smallest absolute Gasteiger partial charge is 0.271 e. The summed E-state index contributed by atoms with van der Waals surface area (Å²) in [6.07, 6.45) is 1.01. The number of benzene rings is 3. The highest BCUT2D eigenvalue weighted by Gasteiger charge is 2.34. The van der Waals surface area contributed by atoms with Gasteiger partial charge in [0.1, 0.15) is 12.6 Å². The number of sulfonamides is 1. The van der Waals surface area contributed by atoms with Gasteiger partial charge in [0.05, 0.1) is 16.9 Å². The molecule has 3 aromatic rings. The van der Waals surface area contributed by atoms with Crippen molar-refractivity contribution in [3.63, 3.8) is 0 Å². The van der Waals surface area contributed by atoms with E-state index in [0.717, 1.165) is 22.2 Å². The molecule has 0 unspecified atom stereocenters. The predicted molar refractivity (Wildman–Crippen MR) is 164 cm³/mol. The van der Waals surface area contributed by atoms with Gasteiger partial charge < -0.3 is 10.2 Å². The maximum Gasteiger partial charge on any atom is 0.271 e.